The van der Waals surface area contributed by atoms with Gasteiger partial charge in [-0.05, 0) is 58.4 Å². The zero-order valence-electron chi connectivity index (χ0n) is 16.4. The Hall–Kier alpha value is -2.15. The molecule has 1 fully saturated rings. The van der Waals surface area contributed by atoms with Crippen LogP contribution in [0.15, 0.2) is 24.3 Å². The topological polar surface area (TPSA) is 70.7 Å². The highest BCUT2D eigenvalue weighted by Gasteiger charge is 2.24. The maximum absolute atomic E-state index is 13.2. The van der Waals surface area contributed by atoms with Crippen LogP contribution in [-0.2, 0) is 9.53 Å². The molecule has 2 N–H and O–H groups in total. The highest BCUT2D eigenvalue weighted by Crippen LogP contribution is 2.17. The summed E-state index contributed by atoms with van der Waals surface area (Å²) in [6.07, 6.45) is 3.05. The number of alkyl carbamates (subject to hydrolysis) is 1. The van der Waals surface area contributed by atoms with E-state index in [2.05, 4.69) is 15.5 Å². The maximum Gasteiger partial charge on any atom is 0.407 e. The Morgan fingerprint density at radius 3 is 2.78 bits per heavy atom. The van der Waals surface area contributed by atoms with Gasteiger partial charge in [0.15, 0.2) is 0 Å². The fourth-order valence-electron chi connectivity index (χ4n) is 3.14. The Morgan fingerprint density at radius 2 is 2.07 bits per heavy atom. The highest BCUT2D eigenvalue weighted by atomic mass is 19.1. The smallest absolute Gasteiger partial charge is 0.407 e. The molecule has 1 unspecified atom stereocenters. The van der Waals surface area contributed by atoms with Crippen molar-refractivity contribution in [3.63, 3.8) is 0 Å². The number of rotatable bonds is 6. The summed E-state index contributed by atoms with van der Waals surface area (Å²) >= 11 is 0. The Bertz CT molecular complexity index is 646. The van der Waals surface area contributed by atoms with Crippen LogP contribution in [0.5, 0.6) is 0 Å². The number of hydrogen-bond acceptors (Lipinski definition) is 4. The second-order valence-corrected chi connectivity index (χ2v) is 7.88. The standard InChI is InChI=1S/C20H30FN3O3/c1-20(2,3)27-19(26)22-14-17-9-4-5-11-24(17)12-10-18(25)23-16-8-6-7-15(21)13-16/h6-8,13,17H,4-5,9-12,14H2,1-3H3,(H,22,26)(H,23,25). The summed E-state index contributed by atoms with van der Waals surface area (Å²) in [6.45, 7) is 7.49. The second kappa shape index (κ2) is 9.69. The predicted molar refractivity (Wildman–Crippen MR) is 103 cm³/mol. The van der Waals surface area contributed by atoms with Gasteiger partial charge in [0.25, 0.3) is 0 Å². The van der Waals surface area contributed by atoms with Gasteiger partial charge in [0.1, 0.15) is 11.4 Å². The van der Waals surface area contributed by atoms with Gasteiger partial charge in [-0.15, -0.1) is 0 Å². The van der Waals surface area contributed by atoms with Gasteiger partial charge in [0, 0.05) is 31.2 Å². The van der Waals surface area contributed by atoms with E-state index >= 15 is 0 Å². The van der Waals surface area contributed by atoms with Crippen molar-refractivity contribution in [2.24, 2.45) is 0 Å². The van der Waals surface area contributed by atoms with Crippen molar-refractivity contribution in [2.45, 2.75) is 58.1 Å². The molecule has 0 bridgehead atoms. The number of benzene rings is 1. The van der Waals surface area contributed by atoms with Gasteiger partial charge >= 0.3 is 6.09 Å². The van der Waals surface area contributed by atoms with Crippen LogP contribution < -0.4 is 10.6 Å². The number of nitrogens with zero attached hydrogens (tertiary/aromatic N) is 1. The lowest BCUT2D eigenvalue weighted by Crippen LogP contribution is -2.48. The van der Waals surface area contributed by atoms with Gasteiger partial charge in [-0.2, -0.15) is 0 Å². The first-order valence-electron chi connectivity index (χ1n) is 9.49. The number of anilines is 1. The van der Waals surface area contributed by atoms with E-state index in [1.165, 1.54) is 12.1 Å². The number of nitrogens with one attached hydrogen (secondary N) is 2. The summed E-state index contributed by atoms with van der Waals surface area (Å²) in [6, 6.07) is 6.05. The van der Waals surface area contributed by atoms with Crippen molar-refractivity contribution in [1.82, 2.24) is 10.2 Å². The summed E-state index contributed by atoms with van der Waals surface area (Å²) in [5, 5.41) is 5.55. The molecule has 0 aliphatic carbocycles. The molecule has 1 aliphatic rings. The molecule has 2 rings (SSSR count). The zero-order chi connectivity index (χ0) is 19.9. The van der Waals surface area contributed by atoms with Crippen LogP contribution in [0.1, 0.15) is 46.5 Å². The highest BCUT2D eigenvalue weighted by molar-refractivity contribution is 5.90. The van der Waals surface area contributed by atoms with Crippen LogP contribution in [0.2, 0.25) is 0 Å². The van der Waals surface area contributed by atoms with E-state index in [1.54, 1.807) is 12.1 Å². The van der Waals surface area contributed by atoms with Gasteiger partial charge in [-0.25, -0.2) is 9.18 Å². The Kier molecular flexibility index (Phi) is 7.59. The molecule has 7 heteroatoms. The van der Waals surface area contributed by atoms with Crippen LogP contribution in [0.4, 0.5) is 14.9 Å². The first-order chi connectivity index (χ1) is 12.7. The van der Waals surface area contributed by atoms with E-state index in [4.69, 9.17) is 4.74 Å². The lowest BCUT2D eigenvalue weighted by Gasteiger charge is -2.35. The van der Waals surface area contributed by atoms with E-state index in [-0.39, 0.29) is 17.8 Å². The Morgan fingerprint density at radius 1 is 1.30 bits per heavy atom. The molecule has 1 aromatic rings. The Labute approximate surface area is 160 Å². The molecule has 0 aromatic heterocycles. The van der Waals surface area contributed by atoms with Gasteiger partial charge < -0.3 is 15.4 Å². The number of carbonyl (C=O) groups excluding carboxylic acids is 2. The summed E-state index contributed by atoms with van der Waals surface area (Å²) in [5.41, 5.74) is -0.0625. The first-order valence-corrected chi connectivity index (χ1v) is 9.49. The van der Waals surface area contributed by atoms with Crippen molar-refractivity contribution in [1.29, 1.82) is 0 Å². The van der Waals surface area contributed by atoms with Crippen LogP contribution in [-0.4, -0.2) is 48.2 Å². The normalized spacial score (nSPS) is 18.0. The van der Waals surface area contributed by atoms with Crippen molar-refractivity contribution < 1.29 is 18.7 Å². The summed E-state index contributed by atoms with van der Waals surface area (Å²) in [7, 11) is 0. The molecule has 1 aliphatic heterocycles. The average molecular weight is 379 g/mol. The third-order valence-corrected chi connectivity index (χ3v) is 4.36. The van der Waals surface area contributed by atoms with E-state index in [1.807, 2.05) is 20.8 Å². The molecule has 0 saturated carbocycles. The van der Waals surface area contributed by atoms with Gasteiger partial charge in [-0.1, -0.05) is 12.5 Å². The molecule has 1 heterocycles. The minimum atomic E-state index is -0.522. The van der Waals surface area contributed by atoms with E-state index < -0.39 is 11.7 Å². The van der Waals surface area contributed by atoms with Crippen molar-refractivity contribution in [2.75, 3.05) is 25.0 Å². The van der Waals surface area contributed by atoms with Gasteiger partial charge in [0.05, 0.1) is 0 Å². The molecule has 0 spiro atoms. The van der Waals surface area contributed by atoms with Crippen molar-refractivity contribution in [3.05, 3.63) is 30.1 Å². The fraction of sp³-hybridized carbons (Fsp3) is 0.600. The van der Waals surface area contributed by atoms with E-state index in [0.29, 0.717) is 25.2 Å². The van der Waals surface area contributed by atoms with Crippen molar-refractivity contribution in [3.8, 4) is 0 Å². The van der Waals surface area contributed by atoms with Crippen LogP contribution in [0.25, 0.3) is 0 Å². The van der Waals surface area contributed by atoms with E-state index in [0.717, 1.165) is 25.8 Å². The molecule has 2 amide bonds. The van der Waals surface area contributed by atoms with Crippen LogP contribution in [0.3, 0.4) is 0 Å². The number of carbonyl (C=O) groups is 2. The summed E-state index contributed by atoms with van der Waals surface area (Å²) in [4.78, 5) is 26.2. The molecule has 1 aromatic carbocycles. The number of halogens is 1. The van der Waals surface area contributed by atoms with Gasteiger partial charge in [-0.3, -0.25) is 9.69 Å². The third-order valence-electron chi connectivity index (χ3n) is 4.36. The fourth-order valence-corrected chi connectivity index (χ4v) is 3.14. The molecular formula is C20H30FN3O3. The lowest BCUT2D eigenvalue weighted by atomic mass is 10.0. The zero-order valence-corrected chi connectivity index (χ0v) is 16.4. The van der Waals surface area contributed by atoms with Gasteiger partial charge in [0.2, 0.25) is 5.91 Å². The number of ether oxygens (including phenoxy) is 1. The van der Waals surface area contributed by atoms with Crippen LogP contribution in [0, 0.1) is 5.82 Å². The average Bonchev–Trinajstić information content (AvgIpc) is 2.57. The number of piperidine rings is 1. The molecule has 1 saturated heterocycles. The summed E-state index contributed by atoms with van der Waals surface area (Å²) in [5.74, 6) is -0.526. The number of hydrogen-bond donors (Lipinski definition) is 2. The minimum absolute atomic E-state index is 0.148. The molecule has 1 atom stereocenters. The number of likely N-dealkylation sites (tertiary alicyclic amines) is 1. The molecule has 6 nitrogen and oxygen atoms in total. The van der Waals surface area contributed by atoms with E-state index in [9.17, 15) is 14.0 Å². The molecular weight excluding hydrogens is 349 g/mol. The molecule has 27 heavy (non-hydrogen) atoms. The lowest BCUT2D eigenvalue weighted by molar-refractivity contribution is -0.116. The summed E-state index contributed by atoms with van der Waals surface area (Å²) < 4.78 is 18.5. The minimum Gasteiger partial charge on any atom is -0.444 e. The predicted octanol–water partition coefficient (Wildman–Crippen LogP) is 3.53. The second-order valence-electron chi connectivity index (χ2n) is 7.88. The monoisotopic (exact) mass is 379 g/mol. The largest absolute Gasteiger partial charge is 0.444 e. The Balaban J connectivity index is 1.79. The first kappa shape index (κ1) is 21.2. The molecule has 150 valence electrons. The third kappa shape index (κ3) is 7.95. The SMILES string of the molecule is CC(C)(C)OC(=O)NCC1CCCCN1CCC(=O)Nc1cccc(F)c1. The molecule has 0 radical (unpaired) electrons. The quantitative estimate of drug-likeness (QED) is 0.793. The van der Waals surface area contributed by atoms with Crippen molar-refractivity contribution >= 4 is 17.7 Å². The maximum atomic E-state index is 13.2. The number of amides is 2. The van der Waals surface area contributed by atoms with Crippen LogP contribution >= 0.6 is 0 Å².